The summed E-state index contributed by atoms with van der Waals surface area (Å²) in [6.45, 7) is 2.79. The number of carbonyl (C=O) groups is 1. The fraction of sp³-hybridized carbons (Fsp3) is 0.364. The van der Waals surface area contributed by atoms with Gasteiger partial charge in [-0.1, -0.05) is 5.16 Å². The summed E-state index contributed by atoms with van der Waals surface area (Å²) in [5.74, 6) is 0.629. The predicted molar refractivity (Wildman–Crippen MR) is 59.9 cm³/mol. The topological polar surface area (TPSA) is 73.0 Å². The molecule has 0 saturated carbocycles. The van der Waals surface area contributed by atoms with Crippen molar-refractivity contribution in [3.05, 3.63) is 36.0 Å². The SMILES string of the molecule is Cc1cc(CNC(=O)CCn2cccn2)on1. The molecule has 0 spiro atoms. The lowest BCUT2D eigenvalue weighted by Crippen LogP contribution is -2.23. The first-order valence-electron chi connectivity index (χ1n) is 5.40. The first-order chi connectivity index (χ1) is 8.24. The van der Waals surface area contributed by atoms with Gasteiger partial charge < -0.3 is 9.84 Å². The zero-order chi connectivity index (χ0) is 12.1. The number of nitrogens with one attached hydrogen (secondary N) is 1. The second-order valence-electron chi connectivity index (χ2n) is 3.73. The summed E-state index contributed by atoms with van der Waals surface area (Å²) in [7, 11) is 0. The molecule has 0 aliphatic rings. The summed E-state index contributed by atoms with van der Waals surface area (Å²) in [4.78, 5) is 11.5. The number of aromatic nitrogens is 3. The van der Waals surface area contributed by atoms with Gasteiger partial charge in [-0.3, -0.25) is 9.48 Å². The van der Waals surface area contributed by atoms with Crippen molar-refractivity contribution in [3.63, 3.8) is 0 Å². The standard InChI is InChI=1S/C11H14N4O2/c1-9-7-10(17-14-9)8-12-11(16)3-6-15-5-2-4-13-15/h2,4-5,7H,3,6,8H2,1H3,(H,12,16). The number of hydrogen-bond donors (Lipinski definition) is 1. The number of rotatable bonds is 5. The molecule has 6 heteroatoms. The Morgan fingerprint density at radius 2 is 2.47 bits per heavy atom. The second-order valence-corrected chi connectivity index (χ2v) is 3.73. The molecule has 0 unspecified atom stereocenters. The number of amides is 1. The molecule has 2 aromatic heterocycles. The van der Waals surface area contributed by atoms with Crippen molar-refractivity contribution in [1.29, 1.82) is 0 Å². The Morgan fingerprint density at radius 3 is 3.12 bits per heavy atom. The van der Waals surface area contributed by atoms with Crippen LogP contribution < -0.4 is 5.32 Å². The van der Waals surface area contributed by atoms with E-state index in [9.17, 15) is 4.79 Å². The molecule has 0 saturated heterocycles. The van der Waals surface area contributed by atoms with Crippen LogP contribution >= 0.6 is 0 Å². The van der Waals surface area contributed by atoms with E-state index in [0.717, 1.165) is 5.69 Å². The van der Waals surface area contributed by atoms with Crippen molar-refractivity contribution < 1.29 is 9.32 Å². The first-order valence-corrected chi connectivity index (χ1v) is 5.40. The van der Waals surface area contributed by atoms with Gasteiger partial charge in [0.1, 0.15) is 0 Å². The number of aryl methyl sites for hydroxylation is 2. The molecule has 2 aromatic rings. The lowest BCUT2D eigenvalue weighted by atomic mass is 10.3. The van der Waals surface area contributed by atoms with Crippen LogP contribution in [0.5, 0.6) is 0 Å². The molecule has 0 atom stereocenters. The van der Waals surface area contributed by atoms with Crippen molar-refractivity contribution in [2.24, 2.45) is 0 Å². The maximum absolute atomic E-state index is 11.5. The van der Waals surface area contributed by atoms with E-state index >= 15 is 0 Å². The van der Waals surface area contributed by atoms with Crippen molar-refractivity contribution in [2.75, 3.05) is 0 Å². The van der Waals surface area contributed by atoms with Gasteiger partial charge in [-0.25, -0.2) is 0 Å². The van der Waals surface area contributed by atoms with Crippen LogP contribution in [0, 0.1) is 6.92 Å². The van der Waals surface area contributed by atoms with Gasteiger partial charge in [-0.15, -0.1) is 0 Å². The highest BCUT2D eigenvalue weighted by Gasteiger charge is 2.04. The average molecular weight is 234 g/mol. The molecule has 6 nitrogen and oxygen atoms in total. The van der Waals surface area contributed by atoms with Gasteiger partial charge in [-0.2, -0.15) is 5.10 Å². The molecule has 0 aliphatic heterocycles. The smallest absolute Gasteiger partial charge is 0.222 e. The lowest BCUT2D eigenvalue weighted by Gasteiger charge is -2.02. The third-order valence-corrected chi connectivity index (χ3v) is 2.26. The Hall–Kier alpha value is -2.11. The van der Waals surface area contributed by atoms with E-state index in [-0.39, 0.29) is 5.91 Å². The van der Waals surface area contributed by atoms with Crippen LogP contribution in [0.15, 0.2) is 29.0 Å². The van der Waals surface area contributed by atoms with E-state index in [1.807, 2.05) is 19.2 Å². The molecule has 0 aromatic carbocycles. The average Bonchev–Trinajstić information content (AvgIpc) is 2.95. The second kappa shape index (κ2) is 5.29. The van der Waals surface area contributed by atoms with Crippen LogP contribution in [-0.2, 0) is 17.9 Å². The molecule has 0 aliphatic carbocycles. The number of hydrogen-bond acceptors (Lipinski definition) is 4. The summed E-state index contributed by atoms with van der Waals surface area (Å²) in [6.07, 6.45) is 3.91. The van der Waals surface area contributed by atoms with Gasteiger partial charge in [0.25, 0.3) is 0 Å². The van der Waals surface area contributed by atoms with Crippen LogP contribution in [0.1, 0.15) is 17.9 Å². The third-order valence-electron chi connectivity index (χ3n) is 2.26. The Labute approximate surface area is 98.6 Å². The van der Waals surface area contributed by atoms with Gasteiger partial charge in [0.05, 0.1) is 12.2 Å². The third kappa shape index (κ3) is 3.44. The zero-order valence-electron chi connectivity index (χ0n) is 9.59. The van der Waals surface area contributed by atoms with Gasteiger partial charge in [0, 0.05) is 31.4 Å². The van der Waals surface area contributed by atoms with Crippen molar-refractivity contribution in [1.82, 2.24) is 20.3 Å². The summed E-state index contributed by atoms with van der Waals surface area (Å²) >= 11 is 0. The van der Waals surface area contributed by atoms with Gasteiger partial charge in [0.15, 0.2) is 5.76 Å². The fourth-order valence-electron chi connectivity index (χ4n) is 1.42. The number of carbonyl (C=O) groups excluding carboxylic acids is 1. The molecular weight excluding hydrogens is 220 g/mol. The Kier molecular flexibility index (Phi) is 3.54. The van der Waals surface area contributed by atoms with Crippen LogP contribution in [-0.4, -0.2) is 20.8 Å². The molecule has 90 valence electrons. The minimum Gasteiger partial charge on any atom is -0.359 e. The minimum atomic E-state index is -0.0328. The molecule has 0 fully saturated rings. The molecule has 2 rings (SSSR count). The van der Waals surface area contributed by atoms with E-state index in [1.54, 1.807) is 16.9 Å². The monoisotopic (exact) mass is 234 g/mol. The highest BCUT2D eigenvalue weighted by molar-refractivity contribution is 5.75. The Bertz CT molecular complexity index is 475. The first kappa shape index (κ1) is 11.4. The minimum absolute atomic E-state index is 0.0328. The van der Waals surface area contributed by atoms with E-state index in [0.29, 0.717) is 25.3 Å². The molecule has 2 heterocycles. The van der Waals surface area contributed by atoms with Crippen LogP contribution in [0.25, 0.3) is 0 Å². The quantitative estimate of drug-likeness (QED) is 0.833. The molecular formula is C11H14N4O2. The van der Waals surface area contributed by atoms with E-state index in [1.165, 1.54) is 0 Å². The normalized spacial score (nSPS) is 10.4. The lowest BCUT2D eigenvalue weighted by molar-refractivity contribution is -0.121. The van der Waals surface area contributed by atoms with Gasteiger partial charge >= 0.3 is 0 Å². The van der Waals surface area contributed by atoms with Crippen molar-refractivity contribution in [3.8, 4) is 0 Å². The predicted octanol–water partition coefficient (Wildman–Crippen LogP) is 0.886. The summed E-state index contributed by atoms with van der Waals surface area (Å²) < 4.78 is 6.70. The Balaban J connectivity index is 1.71. The van der Waals surface area contributed by atoms with Crippen LogP contribution in [0.2, 0.25) is 0 Å². The van der Waals surface area contributed by atoms with Crippen molar-refractivity contribution >= 4 is 5.91 Å². The van der Waals surface area contributed by atoms with Crippen molar-refractivity contribution in [2.45, 2.75) is 26.4 Å². The zero-order valence-corrected chi connectivity index (χ0v) is 9.59. The highest BCUT2D eigenvalue weighted by Crippen LogP contribution is 2.01. The molecule has 0 radical (unpaired) electrons. The van der Waals surface area contributed by atoms with E-state index < -0.39 is 0 Å². The summed E-state index contributed by atoms with van der Waals surface area (Å²) in [5.41, 5.74) is 0.811. The molecule has 0 bridgehead atoms. The number of nitrogens with zero attached hydrogens (tertiary/aromatic N) is 3. The van der Waals surface area contributed by atoms with E-state index in [4.69, 9.17) is 4.52 Å². The maximum atomic E-state index is 11.5. The fourth-order valence-corrected chi connectivity index (χ4v) is 1.42. The molecule has 17 heavy (non-hydrogen) atoms. The molecule has 1 amide bonds. The Morgan fingerprint density at radius 1 is 1.59 bits per heavy atom. The van der Waals surface area contributed by atoms with E-state index in [2.05, 4.69) is 15.6 Å². The molecule has 1 N–H and O–H groups in total. The summed E-state index contributed by atoms with van der Waals surface area (Å²) in [6, 6.07) is 3.63. The van der Waals surface area contributed by atoms with Crippen LogP contribution in [0.3, 0.4) is 0 Å². The van der Waals surface area contributed by atoms with Gasteiger partial charge in [0.2, 0.25) is 5.91 Å². The highest BCUT2D eigenvalue weighted by atomic mass is 16.5. The maximum Gasteiger partial charge on any atom is 0.222 e. The largest absolute Gasteiger partial charge is 0.359 e. The van der Waals surface area contributed by atoms with Gasteiger partial charge in [-0.05, 0) is 13.0 Å². The summed E-state index contributed by atoms with van der Waals surface area (Å²) in [5, 5.41) is 10.5. The van der Waals surface area contributed by atoms with Crippen LogP contribution in [0.4, 0.5) is 0 Å².